The molecule has 0 heterocycles. The number of nitrogens with one attached hydrogen (secondary N) is 1. The molecule has 0 aromatic carbocycles. The molecule has 1 rings (SSSR count). The molecule has 1 amide bonds. The van der Waals surface area contributed by atoms with Crippen molar-refractivity contribution in [3.05, 3.63) is 0 Å². The summed E-state index contributed by atoms with van der Waals surface area (Å²) in [4.78, 5) is 10.5. The van der Waals surface area contributed by atoms with Crippen LogP contribution < -0.4 is 5.32 Å². The molecule has 1 saturated carbocycles. The molecule has 17 heavy (non-hydrogen) atoms. The van der Waals surface area contributed by atoms with E-state index in [4.69, 9.17) is 5.11 Å². The van der Waals surface area contributed by atoms with Gasteiger partial charge in [0.15, 0.2) is 0 Å². The van der Waals surface area contributed by atoms with E-state index >= 15 is 0 Å². The van der Waals surface area contributed by atoms with Crippen LogP contribution in [0.4, 0.5) is 4.79 Å². The predicted octanol–water partition coefficient (Wildman–Crippen LogP) is 4.03. The van der Waals surface area contributed by atoms with Gasteiger partial charge in [0.25, 0.3) is 0 Å². The van der Waals surface area contributed by atoms with Crippen molar-refractivity contribution in [1.29, 1.82) is 0 Å². The fraction of sp³-hybridized carbons (Fsp3) is 0.929. The van der Waals surface area contributed by atoms with Crippen molar-refractivity contribution in [2.75, 3.05) is 0 Å². The normalized spacial score (nSPS) is 26.5. The molecule has 100 valence electrons. The standard InChI is InChI=1S/C14H27NO2/c1-3-5-11(4-2)10-12-6-8-13(9-7-12)15-14(16)17/h11-13,15H,3-10H2,1-2H3,(H,16,17). The molecule has 3 nitrogen and oxygen atoms in total. The minimum absolute atomic E-state index is 0.204. The summed E-state index contributed by atoms with van der Waals surface area (Å²) < 4.78 is 0. The Morgan fingerprint density at radius 3 is 2.41 bits per heavy atom. The Hall–Kier alpha value is -0.730. The first-order chi connectivity index (χ1) is 8.15. The highest BCUT2D eigenvalue weighted by molar-refractivity contribution is 5.64. The fourth-order valence-electron chi connectivity index (χ4n) is 3.09. The van der Waals surface area contributed by atoms with Crippen molar-refractivity contribution in [3.8, 4) is 0 Å². The monoisotopic (exact) mass is 241 g/mol. The van der Waals surface area contributed by atoms with E-state index in [1.165, 1.54) is 38.5 Å². The average Bonchev–Trinajstić information content (AvgIpc) is 2.30. The SMILES string of the molecule is CCCC(CC)CC1CCC(NC(=O)O)CC1. The smallest absolute Gasteiger partial charge is 0.404 e. The number of rotatable bonds is 6. The first-order valence-electron chi connectivity index (χ1n) is 7.15. The Kier molecular flexibility index (Phi) is 6.38. The molecule has 1 aliphatic rings. The second-order valence-corrected chi connectivity index (χ2v) is 5.47. The maximum absolute atomic E-state index is 10.5. The minimum atomic E-state index is -0.870. The molecule has 0 aromatic rings. The van der Waals surface area contributed by atoms with Crippen LogP contribution in [0.2, 0.25) is 0 Å². The number of hydrogen-bond acceptors (Lipinski definition) is 1. The summed E-state index contributed by atoms with van der Waals surface area (Å²) >= 11 is 0. The summed E-state index contributed by atoms with van der Waals surface area (Å²) in [6, 6.07) is 0.204. The number of amides is 1. The molecule has 1 aliphatic carbocycles. The molecule has 0 saturated heterocycles. The molecular weight excluding hydrogens is 214 g/mol. The molecule has 0 aromatic heterocycles. The first kappa shape index (κ1) is 14.3. The highest BCUT2D eigenvalue weighted by atomic mass is 16.4. The van der Waals surface area contributed by atoms with Gasteiger partial charge in [-0.25, -0.2) is 4.79 Å². The van der Waals surface area contributed by atoms with E-state index in [-0.39, 0.29) is 6.04 Å². The van der Waals surface area contributed by atoms with Crippen LogP contribution in [0, 0.1) is 11.8 Å². The lowest BCUT2D eigenvalue weighted by Gasteiger charge is -2.30. The maximum atomic E-state index is 10.5. The molecule has 0 radical (unpaired) electrons. The van der Waals surface area contributed by atoms with Gasteiger partial charge in [-0.15, -0.1) is 0 Å². The van der Waals surface area contributed by atoms with Crippen LogP contribution in [-0.4, -0.2) is 17.2 Å². The third kappa shape index (κ3) is 5.42. The molecular formula is C14H27NO2. The van der Waals surface area contributed by atoms with E-state index in [1.54, 1.807) is 0 Å². The Balaban J connectivity index is 2.24. The van der Waals surface area contributed by atoms with Crippen molar-refractivity contribution in [2.24, 2.45) is 11.8 Å². The molecule has 2 N–H and O–H groups in total. The van der Waals surface area contributed by atoms with E-state index in [9.17, 15) is 4.79 Å². The quantitative estimate of drug-likeness (QED) is 0.737. The highest BCUT2D eigenvalue weighted by Crippen LogP contribution is 2.31. The molecule has 0 aliphatic heterocycles. The van der Waals surface area contributed by atoms with Gasteiger partial charge >= 0.3 is 6.09 Å². The minimum Gasteiger partial charge on any atom is -0.465 e. The summed E-state index contributed by atoms with van der Waals surface area (Å²) in [5.41, 5.74) is 0. The van der Waals surface area contributed by atoms with Crippen molar-refractivity contribution < 1.29 is 9.90 Å². The molecule has 1 unspecified atom stereocenters. The van der Waals surface area contributed by atoms with Gasteiger partial charge in [-0.05, 0) is 43.9 Å². The van der Waals surface area contributed by atoms with Crippen LogP contribution in [-0.2, 0) is 0 Å². The number of carboxylic acid groups (broad SMARTS) is 1. The van der Waals surface area contributed by atoms with Crippen molar-refractivity contribution >= 4 is 6.09 Å². The molecule has 0 spiro atoms. The van der Waals surface area contributed by atoms with Gasteiger partial charge in [-0.1, -0.05) is 33.1 Å². The van der Waals surface area contributed by atoms with Gasteiger partial charge in [0.2, 0.25) is 0 Å². The second-order valence-electron chi connectivity index (χ2n) is 5.47. The topological polar surface area (TPSA) is 49.3 Å². The van der Waals surface area contributed by atoms with Crippen molar-refractivity contribution in [3.63, 3.8) is 0 Å². The lowest BCUT2D eigenvalue weighted by molar-refractivity contribution is 0.179. The predicted molar refractivity (Wildman–Crippen MR) is 70.2 cm³/mol. The zero-order chi connectivity index (χ0) is 12.7. The molecule has 3 heteroatoms. The van der Waals surface area contributed by atoms with Crippen LogP contribution >= 0.6 is 0 Å². The third-order valence-electron chi connectivity index (χ3n) is 4.12. The van der Waals surface area contributed by atoms with Crippen LogP contribution in [0.3, 0.4) is 0 Å². The van der Waals surface area contributed by atoms with Crippen molar-refractivity contribution in [1.82, 2.24) is 5.32 Å². The van der Waals surface area contributed by atoms with Crippen LogP contribution in [0.15, 0.2) is 0 Å². The summed E-state index contributed by atoms with van der Waals surface area (Å²) in [6.07, 6.45) is 8.87. The van der Waals surface area contributed by atoms with Gasteiger partial charge in [-0.2, -0.15) is 0 Å². The van der Waals surface area contributed by atoms with Gasteiger partial charge in [0, 0.05) is 6.04 Å². The fourth-order valence-corrected chi connectivity index (χ4v) is 3.09. The molecule has 0 bridgehead atoms. The van der Waals surface area contributed by atoms with E-state index in [0.717, 1.165) is 24.7 Å². The van der Waals surface area contributed by atoms with Crippen molar-refractivity contribution in [2.45, 2.75) is 71.3 Å². The Bertz CT molecular complexity index is 222. The molecule has 1 atom stereocenters. The van der Waals surface area contributed by atoms with E-state index in [0.29, 0.717) is 0 Å². The Morgan fingerprint density at radius 2 is 1.94 bits per heavy atom. The summed E-state index contributed by atoms with van der Waals surface area (Å²) in [5.74, 6) is 1.72. The first-order valence-corrected chi connectivity index (χ1v) is 7.15. The van der Waals surface area contributed by atoms with E-state index < -0.39 is 6.09 Å². The van der Waals surface area contributed by atoms with Gasteiger partial charge in [-0.3, -0.25) is 0 Å². The van der Waals surface area contributed by atoms with Crippen LogP contribution in [0.1, 0.15) is 65.2 Å². The van der Waals surface area contributed by atoms with Gasteiger partial charge in [0.1, 0.15) is 0 Å². The van der Waals surface area contributed by atoms with E-state index in [1.807, 2.05) is 0 Å². The number of carbonyl (C=O) groups is 1. The number of hydrogen-bond donors (Lipinski definition) is 2. The Morgan fingerprint density at radius 1 is 1.29 bits per heavy atom. The summed E-state index contributed by atoms with van der Waals surface area (Å²) in [7, 11) is 0. The zero-order valence-electron chi connectivity index (χ0n) is 11.2. The molecule has 1 fully saturated rings. The maximum Gasteiger partial charge on any atom is 0.404 e. The van der Waals surface area contributed by atoms with Crippen LogP contribution in [0.5, 0.6) is 0 Å². The largest absolute Gasteiger partial charge is 0.465 e. The summed E-state index contributed by atoms with van der Waals surface area (Å²) in [5, 5.41) is 11.3. The van der Waals surface area contributed by atoms with Crippen LogP contribution in [0.25, 0.3) is 0 Å². The lowest BCUT2D eigenvalue weighted by Crippen LogP contribution is -2.36. The average molecular weight is 241 g/mol. The van der Waals surface area contributed by atoms with E-state index in [2.05, 4.69) is 19.2 Å². The second kappa shape index (κ2) is 7.57. The zero-order valence-corrected chi connectivity index (χ0v) is 11.2. The third-order valence-corrected chi connectivity index (χ3v) is 4.12. The van der Waals surface area contributed by atoms with Gasteiger partial charge in [0.05, 0.1) is 0 Å². The lowest BCUT2D eigenvalue weighted by atomic mass is 9.79. The highest BCUT2D eigenvalue weighted by Gasteiger charge is 2.23. The Labute approximate surface area is 105 Å². The summed E-state index contributed by atoms with van der Waals surface area (Å²) in [6.45, 7) is 4.55. The van der Waals surface area contributed by atoms with Gasteiger partial charge < -0.3 is 10.4 Å².